The number of hydrogen-bond acceptors (Lipinski definition) is 5. The fraction of sp³-hybridized carbons (Fsp3) is 0.312. The van der Waals surface area contributed by atoms with Crippen molar-refractivity contribution < 1.29 is 18.9 Å². The van der Waals surface area contributed by atoms with Crippen LogP contribution in [0.4, 0.5) is 0 Å². The maximum atomic E-state index is 5.60. The Morgan fingerprint density at radius 1 is 1.00 bits per heavy atom. The lowest BCUT2D eigenvalue weighted by Crippen LogP contribution is -2.05. The van der Waals surface area contributed by atoms with Gasteiger partial charge >= 0.3 is 0 Å². The van der Waals surface area contributed by atoms with Crippen molar-refractivity contribution in [2.45, 2.75) is 6.42 Å². The number of pyridine rings is 1. The van der Waals surface area contributed by atoms with Crippen LogP contribution in [0.25, 0.3) is 0 Å². The first kappa shape index (κ1) is 16.7. The molecule has 1 aromatic heterocycles. The van der Waals surface area contributed by atoms with E-state index in [1.807, 2.05) is 30.3 Å². The molecule has 0 fully saturated rings. The Morgan fingerprint density at radius 2 is 1.73 bits per heavy atom. The predicted octanol–water partition coefficient (Wildman–Crippen LogP) is 3.40. The van der Waals surface area contributed by atoms with E-state index in [1.165, 1.54) is 0 Å². The predicted molar refractivity (Wildman–Crippen MR) is 86.2 cm³/mol. The lowest BCUT2D eigenvalue weighted by atomic mass is 10.1. The van der Waals surface area contributed by atoms with E-state index in [2.05, 4.69) is 20.9 Å². The van der Waals surface area contributed by atoms with Crippen LogP contribution in [0.5, 0.6) is 11.5 Å². The molecule has 0 aliphatic carbocycles. The minimum Gasteiger partial charge on any atom is -0.467 e. The van der Waals surface area contributed by atoms with Gasteiger partial charge in [-0.05, 0) is 30.3 Å². The van der Waals surface area contributed by atoms with Crippen LogP contribution in [0.3, 0.4) is 0 Å². The molecule has 0 N–H and O–H groups in total. The summed E-state index contributed by atoms with van der Waals surface area (Å²) < 4.78 is 22.0. The van der Waals surface area contributed by atoms with Crippen molar-refractivity contribution in [2.24, 2.45) is 0 Å². The van der Waals surface area contributed by atoms with Crippen LogP contribution < -0.4 is 9.47 Å². The van der Waals surface area contributed by atoms with E-state index < -0.39 is 0 Å². The summed E-state index contributed by atoms with van der Waals surface area (Å²) in [4.78, 5) is 4.40. The number of halogens is 1. The van der Waals surface area contributed by atoms with Crippen molar-refractivity contribution in [1.29, 1.82) is 0 Å². The lowest BCUT2D eigenvalue weighted by Gasteiger charge is -2.13. The SMILES string of the molecule is COCOc1ccc(Br)cc1Cc1ncccc1OCOC. The molecule has 0 unspecified atom stereocenters. The molecule has 0 bridgehead atoms. The second kappa shape index (κ2) is 8.73. The normalized spacial score (nSPS) is 10.5. The zero-order valence-corrected chi connectivity index (χ0v) is 14.1. The van der Waals surface area contributed by atoms with Gasteiger partial charge in [0.25, 0.3) is 0 Å². The second-order valence-electron chi connectivity index (χ2n) is 4.48. The Labute approximate surface area is 138 Å². The van der Waals surface area contributed by atoms with Crippen molar-refractivity contribution in [2.75, 3.05) is 27.8 Å². The average Bonchev–Trinajstić information content (AvgIpc) is 2.53. The molecule has 0 radical (unpaired) electrons. The van der Waals surface area contributed by atoms with E-state index >= 15 is 0 Å². The van der Waals surface area contributed by atoms with Crippen molar-refractivity contribution in [3.05, 3.63) is 52.3 Å². The minimum absolute atomic E-state index is 0.185. The summed E-state index contributed by atoms with van der Waals surface area (Å²) in [5.74, 6) is 1.45. The summed E-state index contributed by atoms with van der Waals surface area (Å²) in [5, 5.41) is 0. The van der Waals surface area contributed by atoms with Gasteiger partial charge in [-0.25, -0.2) is 0 Å². The van der Waals surface area contributed by atoms with Crippen LogP contribution in [0.2, 0.25) is 0 Å². The average molecular weight is 368 g/mol. The van der Waals surface area contributed by atoms with E-state index in [1.54, 1.807) is 20.4 Å². The molecular weight excluding hydrogens is 350 g/mol. The topological polar surface area (TPSA) is 49.8 Å². The van der Waals surface area contributed by atoms with Gasteiger partial charge in [-0.2, -0.15) is 0 Å². The molecule has 2 rings (SSSR count). The van der Waals surface area contributed by atoms with Crippen LogP contribution in [0, 0.1) is 0 Å². The number of rotatable bonds is 8. The van der Waals surface area contributed by atoms with Crippen LogP contribution in [0.1, 0.15) is 11.3 Å². The van der Waals surface area contributed by atoms with E-state index in [4.69, 9.17) is 18.9 Å². The quantitative estimate of drug-likeness (QED) is 0.669. The fourth-order valence-electron chi connectivity index (χ4n) is 1.94. The molecule has 118 valence electrons. The first-order valence-electron chi connectivity index (χ1n) is 6.70. The molecule has 0 amide bonds. The van der Waals surface area contributed by atoms with Crippen molar-refractivity contribution in [3.8, 4) is 11.5 Å². The first-order chi connectivity index (χ1) is 10.7. The molecule has 0 spiro atoms. The smallest absolute Gasteiger partial charge is 0.188 e. The van der Waals surface area contributed by atoms with Gasteiger partial charge in [0.15, 0.2) is 13.6 Å². The number of aromatic nitrogens is 1. The summed E-state index contributed by atoms with van der Waals surface area (Å²) in [5.41, 5.74) is 1.81. The van der Waals surface area contributed by atoms with Gasteiger partial charge in [-0.1, -0.05) is 15.9 Å². The maximum Gasteiger partial charge on any atom is 0.188 e. The molecule has 0 saturated heterocycles. The second-order valence-corrected chi connectivity index (χ2v) is 5.39. The van der Waals surface area contributed by atoms with Gasteiger partial charge in [0.2, 0.25) is 0 Å². The molecule has 1 aromatic carbocycles. The highest BCUT2D eigenvalue weighted by molar-refractivity contribution is 9.10. The molecule has 0 atom stereocenters. The zero-order valence-electron chi connectivity index (χ0n) is 12.5. The summed E-state index contributed by atoms with van der Waals surface area (Å²) in [6.07, 6.45) is 2.32. The van der Waals surface area contributed by atoms with Crippen LogP contribution in [-0.4, -0.2) is 32.8 Å². The summed E-state index contributed by atoms with van der Waals surface area (Å²) in [6.45, 7) is 0.383. The third-order valence-electron chi connectivity index (χ3n) is 2.89. The molecule has 5 nitrogen and oxygen atoms in total. The first-order valence-corrected chi connectivity index (χ1v) is 7.49. The highest BCUT2D eigenvalue weighted by Gasteiger charge is 2.11. The monoisotopic (exact) mass is 367 g/mol. The van der Waals surface area contributed by atoms with Gasteiger partial charge in [-0.3, -0.25) is 4.98 Å². The van der Waals surface area contributed by atoms with E-state index in [0.29, 0.717) is 12.2 Å². The van der Waals surface area contributed by atoms with Gasteiger partial charge in [0, 0.05) is 36.9 Å². The third-order valence-corrected chi connectivity index (χ3v) is 3.39. The summed E-state index contributed by atoms with van der Waals surface area (Å²) >= 11 is 3.48. The number of hydrogen-bond donors (Lipinski definition) is 0. The maximum absolute atomic E-state index is 5.60. The van der Waals surface area contributed by atoms with Gasteiger partial charge in [0.1, 0.15) is 11.5 Å². The van der Waals surface area contributed by atoms with Crippen LogP contribution in [-0.2, 0) is 15.9 Å². The number of nitrogens with zero attached hydrogens (tertiary/aromatic N) is 1. The molecule has 1 heterocycles. The highest BCUT2D eigenvalue weighted by Crippen LogP contribution is 2.28. The minimum atomic E-state index is 0.185. The molecule has 22 heavy (non-hydrogen) atoms. The van der Waals surface area contributed by atoms with Crippen molar-refractivity contribution in [1.82, 2.24) is 4.98 Å². The largest absolute Gasteiger partial charge is 0.467 e. The number of methoxy groups -OCH3 is 2. The van der Waals surface area contributed by atoms with E-state index in [-0.39, 0.29) is 13.6 Å². The molecule has 6 heteroatoms. The van der Waals surface area contributed by atoms with Crippen LogP contribution in [0.15, 0.2) is 41.0 Å². The van der Waals surface area contributed by atoms with Gasteiger partial charge in [-0.15, -0.1) is 0 Å². The molecular formula is C16H18BrNO4. The Morgan fingerprint density at radius 3 is 2.45 bits per heavy atom. The number of ether oxygens (including phenoxy) is 4. The van der Waals surface area contributed by atoms with E-state index in [0.717, 1.165) is 21.5 Å². The van der Waals surface area contributed by atoms with Gasteiger partial charge in [0.05, 0.1) is 5.69 Å². The van der Waals surface area contributed by atoms with E-state index in [9.17, 15) is 0 Å². The van der Waals surface area contributed by atoms with Gasteiger partial charge < -0.3 is 18.9 Å². The molecule has 2 aromatic rings. The summed E-state index contributed by atoms with van der Waals surface area (Å²) in [6, 6.07) is 9.53. The van der Waals surface area contributed by atoms with Crippen LogP contribution >= 0.6 is 15.9 Å². The Kier molecular flexibility index (Phi) is 6.64. The Hall–Kier alpha value is -1.63. The summed E-state index contributed by atoms with van der Waals surface area (Å²) in [7, 11) is 3.18. The van der Waals surface area contributed by atoms with Crippen molar-refractivity contribution in [3.63, 3.8) is 0 Å². The third kappa shape index (κ3) is 4.69. The Balaban J connectivity index is 2.24. The lowest BCUT2D eigenvalue weighted by molar-refractivity contribution is 0.0495. The van der Waals surface area contributed by atoms with Crippen molar-refractivity contribution >= 4 is 15.9 Å². The number of benzene rings is 1. The standard InChI is InChI=1S/C16H18BrNO4/c1-19-10-21-15-6-5-13(17)8-12(15)9-14-16(22-11-20-2)4-3-7-18-14/h3-8H,9-11H2,1-2H3. The molecule has 0 saturated carbocycles. The molecule has 0 aliphatic heterocycles. The zero-order chi connectivity index (χ0) is 15.8. The Bertz CT molecular complexity index is 606. The molecule has 0 aliphatic rings. The highest BCUT2D eigenvalue weighted by atomic mass is 79.9. The fourth-order valence-corrected chi connectivity index (χ4v) is 2.35.